The minimum absolute atomic E-state index is 0.149. The molecule has 0 N–H and O–H groups in total. The van der Waals surface area contributed by atoms with Crippen molar-refractivity contribution in [2.45, 2.75) is 19.4 Å². The van der Waals surface area contributed by atoms with Gasteiger partial charge in [0.05, 0.1) is 5.69 Å². The van der Waals surface area contributed by atoms with Crippen LogP contribution in [0.15, 0.2) is 42.6 Å². The summed E-state index contributed by atoms with van der Waals surface area (Å²) in [4.78, 5) is 24.3. The molecular formula is C22H28N4O. The van der Waals surface area contributed by atoms with Crippen molar-refractivity contribution in [1.82, 2.24) is 19.7 Å². The van der Waals surface area contributed by atoms with Crippen molar-refractivity contribution in [2.24, 2.45) is 0 Å². The molecule has 2 aromatic rings. The van der Waals surface area contributed by atoms with E-state index in [4.69, 9.17) is 0 Å². The van der Waals surface area contributed by atoms with Gasteiger partial charge in [0.1, 0.15) is 0 Å². The van der Waals surface area contributed by atoms with Crippen LogP contribution in [0.3, 0.4) is 0 Å². The average molecular weight is 364 g/mol. The summed E-state index contributed by atoms with van der Waals surface area (Å²) in [6.07, 6.45) is 2.89. The van der Waals surface area contributed by atoms with Crippen molar-refractivity contribution < 1.29 is 4.79 Å². The van der Waals surface area contributed by atoms with Gasteiger partial charge in [-0.05, 0) is 44.2 Å². The Morgan fingerprint density at radius 1 is 1.04 bits per heavy atom. The van der Waals surface area contributed by atoms with E-state index in [1.807, 2.05) is 41.4 Å². The predicted octanol–water partition coefficient (Wildman–Crippen LogP) is 2.52. The van der Waals surface area contributed by atoms with Gasteiger partial charge in [-0.1, -0.05) is 18.2 Å². The van der Waals surface area contributed by atoms with Gasteiger partial charge in [-0.3, -0.25) is 14.7 Å². The van der Waals surface area contributed by atoms with Crippen LogP contribution >= 0.6 is 0 Å². The zero-order valence-electron chi connectivity index (χ0n) is 16.3. The first-order valence-corrected chi connectivity index (χ1v) is 9.86. The van der Waals surface area contributed by atoms with Gasteiger partial charge in [0.2, 0.25) is 0 Å². The molecule has 1 amide bonds. The molecule has 5 nitrogen and oxygen atoms in total. The van der Waals surface area contributed by atoms with Gasteiger partial charge in [-0.2, -0.15) is 0 Å². The van der Waals surface area contributed by atoms with Gasteiger partial charge in [0.25, 0.3) is 5.91 Å². The number of amides is 1. The Morgan fingerprint density at radius 2 is 1.78 bits per heavy atom. The van der Waals surface area contributed by atoms with Crippen molar-refractivity contribution in [3.8, 4) is 11.3 Å². The highest BCUT2D eigenvalue weighted by atomic mass is 16.2. The molecule has 5 heteroatoms. The van der Waals surface area contributed by atoms with Crippen LogP contribution in [-0.2, 0) is 0 Å². The second kappa shape index (κ2) is 7.79. The van der Waals surface area contributed by atoms with E-state index in [-0.39, 0.29) is 5.91 Å². The summed E-state index contributed by atoms with van der Waals surface area (Å²) in [5, 5.41) is 0. The lowest BCUT2D eigenvalue weighted by Crippen LogP contribution is -2.50. The lowest BCUT2D eigenvalue weighted by molar-refractivity contribution is 0.0755. The highest BCUT2D eigenvalue weighted by Crippen LogP contribution is 2.23. The molecule has 2 fully saturated rings. The predicted molar refractivity (Wildman–Crippen MR) is 108 cm³/mol. The molecule has 142 valence electrons. The Bertz CT molecular complexity index is 796. The van der Waals surface area contributed by atoms with E-state index < -0.39 is 0 Å². The Labute approximate surface area is 161 Å². The van der Waals surface area contributed by atoms with Crippen molar-refractivity contribution in [1.29, 1.82) is 0 Å². The fourth-order valence-electron chi connectivity index (χ4n) is 4.15. The lowest BCUT2D eigenvalue weighted by Gasteiger charge is -2.36. The number of aryl methyl sites for hydroxylation is 1. The number of likely N-dealkylation sites (N-methyl/N-ethyl adjacent to an activating group) is 1. The number of aromatic nitrogens is 1. The van der Waals surface area contributed by atoms with Crippen LogP contribution in [-0.4, -0.2) is 77.9 Å². The lowest BCUT2D eigenvalue weighted by atomic mass is 10.0. The van der Waals surface area contributed by atoms with Crippen LogP contribution in [0.1, 0.15) is 22.3 Å². The summed E-state index contributed by atoms with van der Waals surface area (Å²) in [6.45, 7) is 8.24. The number of carbonyl (C=O) groups excluding carboxylic acids is 1. The fourth-order valence-corrected chi connectivity index (χ4v) is 4.15. The number of rotatable bonds is 3. The van der Waals surface area contributed by atoms with Crippen molar-refractivity contribution in [2.75, 3.05) is 46.3 Å². The van der Waals surface area contributed by atoms with E-state index in [0.717, 1.165) is 68.1 Å². The first-order valence-electron chi connectivity index (χ1n) is 9.86. The average Bonchev–Trinajstić information content (AvgIpc) is 3.19. The molecule has 0 bridgehead atoms. The van der Waals surface area contributed by atoms with Crippen LogP contribution in [0, 0.1) is 6.92 Å². The number of likely N-dealkylation sites (tertiary alicyclic amines) is 1. The summed E-state index contributed by atoms with van der Waals surface area (Å²) in [5.41, 5.74) is 3.95. The maximum absolute atomic E-state index is 12.9. The van der Waals surface area contributed by atoms with Crippen LogP contribution in [0.25, 0.3) is 11.3 Å². The van der Waals surface area contributed by atoms with Crippen LogP contribution in [0.4, 0.5) is 0 Å². The van der Waals surface area contributed by atoms with Crippen LogP contribution in [0.2, 0.25) is 0 Å². The Kier molecular flexibility index (Phi) is 5.23. The number of nitrogens with zero attached hydrogens (tertiary/aromatic N) is 4. The molecule has 2 aliphatic rings. The van der Waals surface area contributed by atoms with E-state index in [1.54, 1.807) is 0 Å². The largest absolute Gasteiger partial charge is 0.337 e. The van der Waals surface area contributed by atoms with Crippen LogP contribution < -0.4 is 0 Å². The summed E-state index contributed by atoms with van der Waals surface area (Å²) < 4.78 is 0. The number of hydrogen-bond donors (Lipinski definition) is 0. The van der Waals surface area contributed by atoms with Crippen LogP contribution in [0.5, 0.6) is 0 Å². The molecule has 1 atom stereocenters. The molecule has 2 saturated heterocycles. The molecule has 0 aliphatic carbocycles. The first kappa shape index (κ1) is 18.1. The number of carbonyl (C=O) groups is 1. The third-order valence-corrected chi connectivity index (χ3v) is 5.92. The van der Waals surface area contributed by atoms with Gasteiger partial charge in [0.15, 0.2) is 0 Å². The Morgan fingerprint density at radius 3 is 2.48 bits per heavy atom. The number of pyridine rings is 1. The third kappa shape index (κ3) is 3.89. The minimum atomic E-state index is 0.149. The summed E-state index contributed by atoms with van der Waals surface area (Å²) in [7, 11) is 2.18. The molecule has 0 unspecified atom stereocenters. The highest BCUT2D eigenvalue weighted by Gasteiger charge is 2.31. The zero-order chi connectivity index (χ0) is 18.8. The maximum Gasteiger partial charge on any atom is 0.253 e. The summed E-state index contributed by atoms with van der Waals surface area (Å²) in [5.74, 6) is 0.149. The van der Waals surface area contributed by atoms with E-state index in [1.165, 1.54) is 0 Å². The monoisotopic (exact) mass is 364 g/mol. The van der Waals surface area contributed by atoms with Crippen molar-refractivity contribution in [3.05, 3.63) is 53.7 Å². The third-order valence-electron chi connectivity index (χ3n) is 5.92. The molecule has 0 spiro atoms. The number of piperazine rings is 1. The molecule has 0 saturated carbocycles. The summed E-state index contributed by atoms with van der Waals surface area (Å²) >= 11 is 0. The standard InChI is InChI=1S/C22H28N4O/c1-17-4-3-10-23-21(17)18-5-7-19(8-6-18)22(27)26-11-9-20(16-26)25-14-12-24(2)13-15-25/h3-8,10,20H,9,11-16H2,1-2H3/t20-/m1/s1. The molecular weight excluding hydrogens is 336 g/mol. The smallest absolute Gasteiger partial charge is 0.253 e. The maximum atomic E-state index is 12.9. The zero-order valence-corrected chi connectivity index (χ0v) is 16.3. The first-order chi connectivity index (χ1) is 13.1. The molecule has 4 rings (SSSR count). The van der Waals surface area contributed by atoms with Crippen molar-refractivity contribution in [3.63, 3.8) is 0 Å². The van der Waals surface area contributed by atoms with E-state index in [2.05, 4.69) is 34.8 Å². The van der Waals surface area contributed by atoms with Crippen molar-refractivity contribution >= 4 is 5.91 Å². The number of benzene rings is 1. The minimum Gasteiger partial charge on any atom is -0.337 e. The molecule has 1 aromatic heterocycles. The van der Waals surface area contributed by atoms with E-state index >= 15 is 0 Å². The highest BCUT2D eigenvalue weighted by molar-refractivity contribution is 5.95. The Balaban J connectivity index is 1.41. The topological polar surface area (TPSA) is 39.7 Å². The molecule has 0 radical (unpaired) electrons. The fraction of sp³-hybridized carbons (Fsp3) is 0.455. The van der Waals surface area contributed by atoms with Gasteiger partial charge >= 0.3 is 0 Å². The van der Waals surface area contributed by atoms with Gasteiger partial charge < -0.3 is 9.80 Å². The second-order valence-electron chi connectivity index (χ2n) is 7.78. The van der Waals surface area contributed by atoms with Gasteiger partial charge in [-0.15, -0.1) is 0 Å². The van der Waals surface area contributed by atoms with Gasteiger partial charge in [0, 0.05) is 62.6 Å². The number of hydrogen-bond acceptors (Lipinski definition) is 4. The van der Waals surface area contributed by atoms with Gasteiger partial charge in [-0.25, -0.2) is 0 Å². The molecule has 2 aliphatic heterocycles. The normalized spacial score (nSPS) is 21.6. The second-order valence-corrected chi connectivity index (χ2v) is 7.78. The van der Waals surface area contributed by atoms with E-state index in [9.17, 15) is 4.79 Å². The van der Waals surface area contributed by atoms with E-state index in [0.29, 0.717) is 6.04 Å². The Hall–Kier alpha value is -2.24. The summed E-state index contributed by atoms with van der Waals surface area (Å²) in [6, 6.07) is 12.4. The molecule has 3 heterocycles. The SMILES string of the molecule is Cc1cccnc1-c1ccc(C(=O)N2CC[C@@H](N3CCN(C)CC3)C2)cc1. The molecule has 27 heavy (non-hydrogen) atoms. The quantitative estimate of drug-likeness (QED) is 0.839. The molecule has 1 aromatic carbocycles.